The molecule has 0 saturated heterocycles. The van der Waals surface area contributed by atoms with E-state index in [1.54, 1.807) is 0 Å². The lowest BCUT2D eigenvalue weighted by Crippen LogP contribution is -2.30. The number of phenols is 2. The highest BCUT2D eigenvalue weighted by Gasteiger charge is 2.31. The second-order valence-corrected chi connectivity index (χ2v) is 4.61. The Labute approximate surface area is 120 Å². The maximum Gasteiger partial charge on any atom is 0.169 e. The van der Waals surface area contributed by atoms with Crippen LogP contribution in [0.25, 0.3) is 6.08 Å². The molecule has 6 heteroatoms. The summed E-state index contributed by atoms with van der Waals surface area (Å²) in [6.45, 7) is 0. The van der Waals surface area contributed by atoms with Gasteiger partial charge in [-0.2, -0.15) is 0 Å². The van der Waals surface area contributed by atoms with Crippen LogP contribution in [0, 0.1) is 5.92 Å². The third kappa shape index (κ3) is 3.24. The highest BCUT2D eigenvalue weighted by Crippen LogP contribution is 2.26. The predicted molar refractivity (Wildman–Crippen MR) is 74.7 cm³/mol. The summed E-state index contributed by atoms with van der Waals surface area (Å²) in [6, 6.07) is 4.02. The van der Waals surface area contributed by atoms with Crippen molar-refractivity contribution in [1.29, 1.82) is 0 Å². The fourth-order valence-electron chi connectivity index (χ4n) is 1.98. The van der Waals surface area contributed by atoms with Crippen molar-refractivity contribution in [1.82, 2.24) is 0 Å². The van der Waals surface area contributed by atoms with Gasteiger partial charge in [-0.3, -0.25) is 4.79 Å². The summed E-state index contributed by atoms with van der Waals surface area (Å²) in [5.41, 5.74) is 0.464. The van der Waals surface area contributed by atoms with Crippen molar-refractivity contribution in [3.8, 4) is 11.5 Å². The molecule has 1 aliphatic rings. The van der Waals surface area contributed by atoms with Crippen LogP contribution in [0.15, 0.2) is 47.9 Å². The molecule has 1 aliphatic carbocycles. The van der Waals surface area contributed by atoms with E-state index in [4.69, 9.17) is 0 Å². The van der Waals surface area contributed by atoms with Crippen LogP contribution in [-0.4, -0.2) is 37.4 Å². The van der Waals surface area contributed by atoms with E-state index < -0.39 is 23.6 Å². The monoisotopic (exact) mass is 290 g/mol. The van der Waals surface area contributed by atoms with Gasteiger partial charge in [-0.25, -0.2) is 0 Å². The van der Waals surface area contributed by atoms with Crippen molar-refractivity contribution >= 4 is 11.9 Å². The topological polar surface area (TPSA) is 118 Å². The number of aromatic hydroxyl groups is 2. The number of aliphatic hydroxyl groups excluding tert-OH is 3. The van der Waals surface area contributed by atoms with Gasteiger partial charge in [0.15, 0.2) is 17.3 Å². The Kier molecular flexibility index (Phi) is 4.00. The molecule has 0 saturated carbocycles. The molecule has 0 aliphatic heterocycles. The number of hydrogen-bond acceptors (Lipinski definition) is 6. The minimum atomic E-state index is -1.32. The molecule has 0 radical (unpaired) electrons. The summed E-state index contributed by atoms with van der Waals surface area (Å²) in [5, 5.41) is 47.0. The molecular formula is C15H14O6. The van der Waals surface area contributed by atoms with Crippen LogP contribution in [0.4, 0.5) is 0 Å². The van der Waals surface area contributed by atoms with Crippen molar-refractivity contribution in [2.75, 3.05) is 0 Å². The summed E-state index contributed by atoms with van der Waals surface area (Å²) in [5.74, 6) is -3.07. The summed E-state index contributed by atoms with van der Waals surface area (Å²) in [4.78, 5) is 12.0. The number of carbonyl (C=O) groups excluding carboxylic acids is 1. The summed E-state index contributed by atoms with van der Waals surface area (Å²) in [7, 11) is 0. The summed E-state index contributed by atoms with van der Waals surface area (Å²) < 4.78 is 0. The highest BCUT2D eigenvalue weighted by atomic mass is 16.3. The van der Waals surface area contributed by atoms with Gasteiger partial charge in [0.25, 0.3) is 0 Å². The van der Waals surface area contributed by atoms with Gasteiger partial charge >= 0.3 is 0 Å². The standard InChI is InChI=1S/C15H14O6/c16-9-6-13(20)15(14(21)7-9)11(18)4-2-8-1-3-10(17)12(19)5-8/h1-7,13,15-17,19-21H/b4-2+. The van der Waals surface area contributed by atoms with E-state index in [2.05, 4.69) is 0 Å². The molecule has 1 aromatic carbocycles. The number of allylic oxidation sites excluding steroid dienone is 2. The molecule has 0 fully saturated rings. The molecule has 6 nitrogen and oxygen atoms in total. The molecule has 2 rings (SSSR count). The van der Waals surface area contributed by atoms with Crippen LogP contribution in [0.5, 0.6) is 11.5 Å². The van der Waals surface area contributed by atoms with Crippen LogP contribution in [0.3, 0.4) is 0 Å². The third-order valence-electron chi connectivity index (χ3n) is 3.04. The fraction of sp³-hybridized carbons (Fsp3) is 0.133. The molecule has 110 valence electrons. The van der Waals surface area contributed by atoms with E-state index in [1.165, 1.54) is 24.3 Å². The summed E-state index contributed by atoms with van der Waals surface area (Å²) >= 11 is 0. The fourth-order valence-corrected chi connectivity index (χ4v) is 1.98. The zero-order valence-corrected chi connectivity index (χ0v) is 10.8. The number of aliphatic hydroxyl groups is 3. The molecule has 0 aromatic heterocycles. The SMILES string of the molecule is O=C(/C=C/c1ccc(O)c(O)c1)C1C(O)=CC(O)=CC1O. The molecule has 0 spiro atoms. The summed E-state index contributed by atoms with van der Waals surface area (Å²) in [6.07, 6.45) is 3.25. The van der Waals surface area contributed by atoms with Crippen LogP contribution >= 0.6 is 0 Å². The number of benzene rings is 1. The van der Waals surface area contributed by atoms with Crippen LogP contribution in [0.1, 0.15) is 5.56 Å². The molecule has 2 atom stereocenters. The lowest BCUT2D eigenvalue weighted by Gasteiger charge is -2.20. The average molecular weight is 290 g/mol. The van der Waals surface area contributed by atoms with E-state index in [1.807, 2.05) is 0 Å². The normalized spacial score (nSPS) is 22.0. The number of carbonyl (C=O) groups is 1. The predicted octanol–water partition coefficient (Wildman–Crippen LogP) is 1.55. The van der Waals surface area contributed by atoms with Gasteiger partial charge in [-0.05, 0) is 29.8 Å². The number of ketones is 1. The Bertz CT molecular complexity index is 656. The van der Waals surface area contributed by atoms with Gasteiger partial charge in [-0.15, -0.1) is 0 Å². The van der Waals surface area contributed by atoms with Crippen molar-refractivity contribution < 1.29 is 30.3 Å². The first-order valence-corrected chi connectivity index (χ1v) is 6.12. The van der Waals surface area contributed by atoms with E-state index in [9.17, 15) is 30.3 Å². The number of phenolic OH excluding ortho intramolecular Hbond substituents is 2. The first-order valence-electron chi connectivity index (χ1n) is 6.12. The lowest BCUT2D eigenvalue weighted by atomic mass is 9.90. The minimum Gasteiger partial charge on any atom is -0.511 e. The van der Waals surface area contributed by atoms with Crippen molar-refractivity contribution in [2.24, 2.45) is 5.92 Å². The maximum absolute atomic E-state index is 12.0. The van der Waals surface area contributed by atoms with Gasteiger partial charge in [-0.1, -0.05) is 12.1 Å². The van der Waals surface area contributed by atoms with Crippen molar-refractivity contribution in [2.45, 2.75) is 6.10 Å². The van der Waals surface area contributed by atoms with Gasteiger partial charge in [0, 0.05) is 6.08 Å². The number of rotatable bonds is 3. The smallest absolute Gasteiger partial charge is 0.169 e. The Morgan fingerprint density at radius 3 is 2.43 bits per heavy atom. The van der Waals surface area contributed by atoms with Crippen molar-refractivity contribution in [3.63, 3.8) is 0 Å². The van der Waals surface area contributed by atoms with Gasteiger partial charge in [0.05, 0.1) is 6.10 Å². The van der Waals surface area contributed by atoms with Crippen LogP contribution in [0.2, 0.25) is 0 Å². The highest BCUT2D eigenvalue weighted by molar-refractivity contribution is 5.97. The molecule has 2 unspecified atom stereocenters. The lowest BCUT2D eigenvalue weighted by molar-refractivity contribution is -0.120. The second kappa shape index (κ2) is 5.72. The van der Waals surface area contributed by atoms with E-state index in [0.717, 1.165) is 18.2 Å². The molecule has 0 amide bonds. The van der Waals surface area contributed by atoms with Crippen LogP contribution < -0.4 is 0 Å². The van der Waals surface area contributed by atoms with E-state index >= 15 is 0 Å². The molecule has 0 bridgehead atoms. The number of hydrogen-bond donors (Lipinski definition) is 5. The molecular weight excluding hydrogens is 276 g/mol. The zero-order chi connectivity index (χ0) is 15.6. The second-order valence-electron chi connectivity index (χ2n) is 4.61. The quantitative estimate of drug-likeness (QED) is 0.426. The minimum absolute atomic E-state index is 0.276. The largest absolute Gasteiger partial charge is 0.511 e. The first-order chi connectivity index (χ1) is 9.88. The molecule has 1 aromatic rings. The Morgan fingerprint density at radius 1 is 1.10 bits per heavy atom. The Balaban J connectivity index is 2.16. The van der Waals surface area contributed by atoms with Gasteiger partial charge in [0.2, 0.25) is 0 Å². The molecule has 0 heterocycles. The first kappa shape index (κ1) is 14.7. The Hall–Kier alpha value is -2.73. The van der Waals surface area contributed by atoms with Gasteiger partial charge < -0.3 is 25.5 Å². The molecule has 5 N–H and O–H groups in total. The van der Waals surface area contributed by atoms with Crippen molar-refractivity contribution in [3.05, 3.63) is 53.5 Å². The zero-order valence-electron chi connectivity index (χ0n) is 10.8. The van der Waals surface area contributed by atoms with Crippen LogP contribution in [-0.2, 0) is 4.79 Å². The van der Waals surface area contributed by atoms with E-state index in [-0.39, 0.29) is 17.3 Å². The molecule has 21 heavy (non-hydrogen) atoms. The Morgan fingerprint density at radius 2 is 1.81 bits per heavy atom. The van der Waals surface area contributed by atoms with E-state index in [0.29, 0.717) is 5.56 Å². The maximum atomic E-state index is 12.0. The average Bonchev–Trinajstić information content (AvgIpc) is 2.39. The van der Waals surface area contributed by atoms with Gasteiger partial charge in [0.1, 0.15) is 17.4 Å². The third-order valence-corrected chi connectivity index (χ3v) is 3.04.